The molecule has 0 saturated carbocycles. The van der Waals surface area contributed by atoms with Crippen LogP contribution in [0.1, 0.15) is 20.8 Å². The summed E-state index contributed by atoms with van der Waals surface area (Å²) in [5, 5.41) is 3.60. The van der Waals surface area contributed by atoms with Crippen LogP contribution in [0.5, 0.6) is 0 Å². The minimum atomic E-state index is -0.507. The first-order valence-corrected chi connectivity index (χ1v) is 5.60. The van der Waals surface area contributed by atoms with Gasteiger partial charge in [-0.15, -0.1) is 0 Å². The number of nitrogens with zero attached hydrogens (tertiary/aromatic N) is 3. The zero-order valence-corrected chi connectivity index (χ0v) is 11.5. The van der Waals surface area contributed by atoms with Crippen molar-refractivity contribution in [3.63, 3.8) is 0 Å². The maximum absolute atomic E-state index is 13.3. The van der Waals surface area contributed by atoms with Gasteiger partial charge in [-0.1, -0.05) is 12.7 Å². The largest absolute Gasteiger partial charge is 0.321 e. The number of hydrazone groups is 1. The number of halogens is 1. The molecule has 0 aliphatic heterocycles. The number of amidine groups is 1. The van der Waals surface area contributed by atoms with Crippen LogP contribution in [-0.2, 0) is 0 Å². The molecule has 0 heterocycles. The van der Waals surface area contributed by atoms with Gasteiger partial charge in [-0.05, 0) is 44.7 Å². The molecule has 102 valence electrons. The molecule has 0 aromatic heterocycles. The lowest BCUT2D eigenvalue weighted by Crippen LogP contribution is -2.05. The minimum Gasteiger partial charge on any atom is -0.321 e. The molecular weight excluding hydrogens is 243 g/mol. The maximum atomic E-state index is 13.3. The molecule has 0 rings (SSSR count). The third kappa shape index (κ3) is 6.26. The summed E-state index contributed by atoms with van der Waals surface area (Å²) in [6.07, 6.45) is 5.63. The summed E-state index contributed by atoms with van der Waals surface area (Å²) in [4.78, 5) is 7.45. The predicted molar refractivity (Wildman–Crippen MR) is 81.2 cm³/mol. The molecular formula is C14H19FN4. The standard InChI is InChI=1S/C14H19FN4/c1-6-13(11(4)7-12(15)9-17-5)14(19-16)18-8-10(2)3/h6-9H,2,5,16H2,1,3-4H3/b11-7-,12-9+,13-6+,18-8?,19-14-. The molecule has 0 spiro atoms. The highest BCUT2D eigenvalue weighted by Crippen LogP contribution is 2.15. The van der Waals surface area contributed by atoms with E-state index in [1.165, 1.54) is 6.08 Å². The molecule has 0 aliphatic carbocycles. The molecule has 0 atom stereocenters. The third-order valence-corrected chi connectivity index (χ3v) is 2.05. The van der Waals surface area contributed by atoms with E-state index in [4.69, 9.17) is 5.84 Å². The van der Waals surface area contributed by atoms with Gasteiger partial charge >= 0.3 is 0 Å². The van der Waals surface area contributed by atoms with Crippen molar-refractivity contribution in [2.45, 2.75) is 20.8 Å². The van der Waals surface area contributed by atoms with Gasteiger partial charge in [-0.2, -0.15) is 5.10 Å². The summed E-state index contributed by atoms with van der Waals surface area (Å²) < 4.78 is 13.3. The summed E-state index contributed by atoms with van der Waals surface area (Å²) in [7, 11) is 0. The van der Waals surface area contributed by atoms with Crippen LogP contribution in [0.15, 0.2) is 62.6 Å². The highest BCUT2D eigenvalue weighted by molar-refractivity contribution is 6.07. The van der Waals surface area contributed by atoms with Crippen LogP contribution in [0.2, 0.25) is 0 Å². The van der Waals surface area contributed by atoms with Gasteiger partial charge < -0.3 is 5.84 Å². The molecule has 0 amide bonds. The van der Waals surface area contributed by atoms with E-state index in [1.807, 2.05) is 0 Å². The Balaban J connectivity index is 5.38. The van der Waals surface area contributed by atoms with Gasteiger partial charge in [0.1, 0.15) is 5.83 Å². The first-order valence-electron chi connectivity index (χ1n) is 5.60. The summed E-state index contributed by atoms with van der Waals surface area (Å²) in [5.74, 6) is 5.10. The van der Waals surface area contributed by atoms with Crippen LogP contribution in [0, 0.1) is 0 Å². The zero-order valence-electron chi connectivity index (χ0n) is 11.5. The van der Waals surface area contributed by atoms with Gasteiger partial charge in [0.2, 0.25) is 0 Å². The Morgan fingerprint density at radius 3 is 2.37 bits per heavy atom. The van der Waals surface area contributed by atoms with E-state index >= 15 is 0 Å². The van der Waals surface area contributed by atoms with Gasteiger partial charge in [0.15, 0.2) is 5.84 Å². The highest BCUT2D eigenvalue weighted by Gasteiger charge is 2.07. The van der Waals surface area contributed by atoms with Crippen LogP contribution in [-0.4, -0.2) is 18.8 Å². The monoisotopic (exact) mass is 262 g/mol. The van der Waals surface area contributed by atoms with Crippen LogP contribution in [0.4, 0.5) is 4.39 Å². The fourth-order valence-electron chi connectivity index (χ4n) is 1.29. The van der Waals surface area contributed by atoms with Gasteiger partial charge in [-0.3, -0.25) is 4.99 Å². The molecule has 5 heteroatoms. The molecule has 0 fully saturated rings. The van der Waals surface area contributed by atoms with Gasteiger partial charge in [0.05, 0.1) is 6.20 Å². The first-order chi connectivity index (χ1) is 8.96. The van der Waals surface area contributed by atoms with E-state index in [9.17, 15) is 4.39 Å². The number of allylic oxidation sites excluding steroid dienone is 4. The van der Waals surface area contributed by atoms with E-state index in [-0.39, 0.29) is 0 Å². The molecule has 0 saturated heterocycles. The highest BCUT2D eigenvalue weighted by atomic mass is 19.1. The van der Waals surface area contributed by atoms with E-state index in [0.29, 0.717) is 17.0 Å². The smallest absolute Gasteiger partial charge is 0.178 e. The van der Waals surface area contributed by atoms with E-state index in [0.717, 1.165) is 11.8 Å². The topological polar surface area (TPSA) is 63.1 Å². The Hall–Kier alpha value is -2.30. The van der Waals surface area contributed by atoms with Crippen molar-refractivity contribution in [3.05, 3.63) is 47.5 Å². The van der Waals surface area contributed by atoms with Crippen molar-refractivity contribution in [3.8, 4) is 0 Å². The average Bonchev–Trinajstić information content (AvgIpc) is 2.33. The molecule has 4 nitrogen and oxygen atoms in total. The Morgan fingerprint density at radius 2 is 1.95 bits per heavy atom. The van der Waals surface area contributed by atoms with Crippen molar-refractivity contribution in [2.75, 3.05) is 0 Å². The average molecular weight is 262 g/mol. The molecule has 19 heavy (non-hydrogen) atoms. The summed E-state index contributed by atoms with van der Waals surface area (Å²) in [6.45, 7) is 12.2. The summed E-state index contributed by atoms with van der Waals surface area (Å²) in [5.41, 5.74) is 2.02. The van der Waals surface area contributed by atoms with Crippen LogP contribution in [0.25, 0.3) is 0 Å². The third-order valence-electron chi connectivity index (χ3n) is 2.05. The fraction of sp³-hybridized carbons (Fsp3) is 0.214. The number of nitrogens with two attached hydrogens (primary N) is 1. The quantitative estimate of drug-likeness (QED) is 0.267. The maximum Gasteiger partial charge on any atom is 0.178 e. The second kappa shape index (κ2) is 8.74. The van der Waals surface area contributed by atoms with Crippen molar-refractivity contribution in [2.24, 2.45) is 20.9 Å². The molecule has 0 unspecified atom stereocenters. The molecule has 0 aromatic carbocycles. The SMILES string of the molecule is C=N\C=C(F)/C=C(C)\C(=C/C)C(\N=CC(=C)C)=N\N. The number of aliphatic imine (C=N–C) groups is 2. The number of hydrogen-bond donors (Lipinski definition) is 1. The first kappa shape index (κ1) is 16.7. The Kier molecular flexibility index (Phi) is 7.68. The van der Waals surface area contributed by atoms with Crippen LogP contribution in [0.3, 0.4) is 0 Å². The lowest BCUT2D eigenvalue weighted by atomic mass is 10.1. The van der Waals surface area contributed by atoms with Crippen molar-refractivity contribution < 1.29 is 4.39 Å². The van der Waals surface area contributed by atoms with Crippen molar-refractivity contribution in [1.82, 2.24) is 0 Å². The van der Waals surface area contributed by atoms with E-state index in [1.54, 1.807) is 33.1 Å². The molecule has 0 aliphatic rings. The van der Waals surface area contributed by atoms with Gasteiger partial charge in [0.25, 0.3) is 0 Å². The summed E-state index contributed by atoms with van der Waals surface area (Å²) in [6, 6.07) is 0. The van der Waals surface area contributed by atoms with Crippen molar-refractivity contribution in [1.29, 1.82) is 0 Å². The van der Waals surface area contributed by atoms with Gasteiger partial charge in [-0.25, -0.2) is 9.38 Å². The zero-order chi connectivity index (χ0) is 14.8. The molecule has 2 N–H and O–H groups in total. The summed E-state index contributed by atoms with van der Waals surface area (Å²) >= 11 is 0. The van der Waals surface area contributed by atoms with Crippen LogP contribution >= 0.6 is 0 Å². The Bertz CT molecular complexity index is 494. The molecule has 0 aromatic rings. The Labute approximate surface area is 113 Å². The number of hydrogen-bond acceptors (Lipinski definition) is 3. The Morgan fingerprint density at radius 1 is 1.32 bits per heavy atom. The van der Waals surface area contributed by atoms with Crippen molar-refractivity contribution >= 4 is 18.8 Å². The second-order valence-electron chi connectivity index (χ2n) is 3.78. The fourth-order valence-corrected chi connectivity index (χ4v) is 1.29. The minimum absolute atomic E-state index is 0.304. The lowest BCUT2D eigenvalue weighted by Gasteiger charge is -2.06. The number of rotatable bonds is 5. The van der Waals surface area contributed by atoms with Crippen LogP contribution < -0.4 is 5.84 Å². The normalized spacial score (nSPS) is 14.9. The van der Waals surface area contributed by atoms with E-state index in [2.05, 4.69) is 28.4 Å². The lowest BCUT2D eigenvalue weighted by molar-refractivity contribution is 0.662. The van der Waals surface area contributed by atoms with E-state index < -0.39 is 5.83 Å². The second-order valence-corrected chi connectivity index (χ2v) is 3.78. The van der Waals surface area contributed by atoms with Gasteiger partial charge in [0, 0.05) is 11.8 Å². The predicted octanol–water partition coefficient (Wildman–Crippen LogP) is 3.31. The molecule has 0 radical (unpaired) electrons. The molecule has 0 bridgehead atoms.